The normalized spacial score (nSPS) is 11.1. The second kappa shape index (κ2) is 4.32. The highest BCUT2D eigenvalue weighted by atomic mass is 35.5. The highest BCUT2D eigenvalue weighted by Crippen LogP contribution is 2.42. The van der Waals surface area contributed by atoms with E-state index in [1.807, 2.05) is 6.07 Å². The van der Waals surface area contributed by atoms with Crippen molar-refractivity contribution in [2.24, 2.45) is 0 Å². The Kier molecular flexibility index (Phi) is 2.76. The lowest BCUT2D eigenvalue weighted by molar-refractivity contribution is 0.0591. The van der Waals surface area contributed by atoms with Crippen molar-refractivity contribution in [2.45, 2.75) is 0 Å². The Bertz CT molecular complexity index is 815. The van der Waals surface area contributed by atoms with Gasteiger partial charge in [-0.1, -0.05) is 11.6 Å². The Balaban J connectivity index is 2.47. The van der Waals surface area contributed by atoms with E-state index in [1.165, 1.54) is 18.4 Å². The molecule has 0 aromatic carbocycles. The van der Waals surface area contributed by atoms with Crippen LogP contribution in [0.4, 0.5) is 0 Å². The van der Waals surface area contributed by atoms with Gasteiger partial charge in [0.2, 0.25) is 0 Å². The lowest BCUT2D eigenvalue weighted by atomic mass is 10.2. The number of esters is 1. The Morgan fingerprint density at radius 2 is 2.32 bits per heavy atom. The number of ether oxygens (including phenoxy) is 1. The molecule has 0 unspecified atom stereocenters. The first kappa shape index (κ1) is 12.1. The topological polar surface area (TPSA) is 72.3 Å². The molecule has 3 aromatic heterocycles. The van der Waals surface area contributed by atoms with Crippen LogP contribution in [0, 0.1) is 0 Å². The van der Waals surface area contributed by atoms with Crippen molar-refractivity contribution in [3.05, 3.63) is 29.2 Å². The number of hydrogen-bond acceptors (Lipinski definition) is 6. The zero-order valence-corrected chi connectivity index (χ0v) is 11.2. The fourth-order valence-corrected chi connectivity index (χ4v) is 3.28. The molecule has 3 heterocycles. The van der Waals surface area contributed by atoms with E-state index in [4.69, 9.17) is 11.6 Å². The lowest BCUT2D eigenvalue weighted by Crippen LogP contribution is -2.04. The number of methoxy groups -OCH3 is 1. The zero-order chi connectivity index (χ0) is 13.6. The molecule has 96 valence electrons. The van der Waals surface area contributed by atoms with Gasteiger partial charge in [0.1, 0.15) is 9.98 Å². The second-order valence-corrected chi connectivity index (χ2v) is 5.11. The van der Waals surface area contributed by atoms with E-state index < -0.39 is 5.97 Å². The minimum absolute atomic E-state index is 0.146. The molecule has 7 heteroatoms. The summed E-state index contributed by atoms with van der Waals surface area (Å²) >= 11 is 7.36. The number of thiophene rings is 1. The largest absolute Gasteiger partial charge is 0.504 e. The maximum absolute atomic E-state index is 11.5. The number of aromatic nitrogens is 2. The van der Waals surface area contributed by atoms with Gasteiger partial charge in [-0.05, 0) is 12.1 Å². The van der Waals surface area contributed by atoms with Crippen LogP contribution in [-0.4, -0.2) is 28.2 Å². The summed E-state index contributed by atoms with van der Waals surface area (Å²) in [6.45, 7) is 0. The van der Waals surface area contributed by atoms with Gasteiger partial charge in [-0.15, -0.1) is 11.3 Å². The van der Waals surface area contributed by atoms with Gasteiger partial charge in [-0.3, -0.25) is 0 Å². The number of halogens is 1. The van der Waals surface area contributed by atoms with Gasteiger partial charge < -0.3 is 9.84 Å². The number of carbonyl (C=O) groups is 1. The average Bonchev–Trinajstić information content (AvgIpc) is 2.82. The van der Waals surface area contributed by atoms with Crippen LogP contribution in [-0.2, 0) is 4.74 Å². The number of nitrogens with zero attached hydrogens (tertiary/aromatic N) is 2. The summed E-state index contributed by atoms with van der Waals surface area (Å²) in [5.41, 5.74) is -0.188. The van der Waals surface area contributed by atoms with Crippen molar-refractivity contribution >= 4 is 49.2 Å². The van der Waals surface area contributed by atoms with Gasteiger partial charge in [0.15, 0.2) is 11.4 Å². The molecule has 0 fully saturated rings. The van der Waals surface area contributed by atoms with E-state index in [1.54, 1.807) is 12.3 Å². The van der Waals surface area contributed by atoms with Crippen LogP contribution in [0.5, 0.6) is 5.75 Å². The second-order valence-electron chi connectivity index (χ2n) is 3.75. The maximum atomic E-state index is 11.5. The van der Waals surface area contributed by atoms with E-state index in [0.717, 1.165) is 10.2 Å². The molecule has 1 N–H and O–H groups in total. The number of hydrogen-bond donors (Lipinski definition) is 1. The minimum Gasteiger partial charge on any atom is -0.504 e. The van der Waals surface area contributed by atoms with Crippen molar-refractivity contribution in [3.63, 3.8) is 0 Å². The molecule has 0 bridgehead atoms. The number of fused-ring (bicyclic) bond motifs is 3. The highest BCUT2D eigenvalue weighted by Gasteiger charge is 2.22. The van der Waals surface area contributed by atoms with E-state index in [2.05, 4.69) is 14.7 Å². The predicted octanol–water partition coefficient (Wildman–Crippen LogP) is 2.99. The summed E-state index contributed by atoms with van der Waals surface area (Å²) in [5.74, 6) is -0.957. The molecule has 0 aliphatic heterocycles. The summed E-state index contributed by atoms with van der Waals surface area (Å²) in [5, 5.41) is 11.7. The Morgan fingerprint density at radius 1 is 1.53 bits per heavy atom. The molecular formula is C12H7ClN2O3S. The van der Waals surface area contributed by atoms with Crippen LogP contribution < -0.4 is 0 Å². The van der Waals surface area contributed by atoms with Crippen LogP contribution in [0.15, 0.2) is 18.3 Å². The SMILES string of the molecule is COC(=O)c1nc(Cl)c2c(sc3ncccc32)c1O. The first-order chi connectivity index (χ1) is 9.13. The monoisotopic (exact) mass is 294 g/mol. The van der Waals surface area contributed by atoms with Gasteiger partial charge in [0.05, 0.1) is 11.8 Å². The summed E-state index contributed by atoms with van der Waals surface area (Å²) in [7, 11) is 1.22. The van der Waals surface area contributed by atoms with Crippen molar-refractivity contribution < 1.29 is 14.6 Å². The minimum atomic E-state index is -0.730. The van der Waals surface area contributed by atoms with Crippen molar-refractivity contribution in [3.8, 4) is 5.75 Å². The molecule has 5 nitrogen and oxygen atoms in total. The number of carbonyl (C=O) groups excluding carboxylic acids is 1. The molecule has 0 atom stereocenters. The van der Waals surface area contributed by atoms with Crippen molar-refractivity contribution in [1.82, 2.24) is 9.97 Å². The summed E-state index contributed by atoms with van der Waals surface area (Å²) in [4.78, 5) is 20.4. The van der Waals surface area contributed by atoms with E-state index in [-0.39, 0.29) is 16.6 Å². The summed E-state index contributed by atoms with van der Waals surface area (Å²) in [6.07, 6.45) is 1.65. The summed E-state index contributed by atoms with van der Waals surface area (Å²) < 4.78 is 5.04. The number of aromatic hydroxyl groups is 1. The lowest BCUT2D eigenvalue weighted by Gasteiger charge is -2.04. The fourth-order valence-electron chi connectivity index (χ4n) is 1.86. The molecule has 0 saturated carbocycles. The van der Waals surface area contributed by atoms with Crippen LogP contribution in [0.3, 0.4) is 0 Å². The van der Waals surface area contributed by atoms with Gasteiger partial charge >= 0.3 is 5.97 Å². The van der Waals surface area contributed by atoms with Gasteiger partial charge in [-0.2, -0.15) is 0 Å². The number of rotatable bonds is 1. The van der Waals surface area contributed by atoms with Crippen molar-refractivity contribution in [2.75, 3.05) is 7.11 Å². The average molecular weight is 295 g/mol. The molecule has 0 aliphatic rings. The standard InChI is InChI=1S/C12H7ClN2O3S/c1-18-12(17)7-8(16)9-6(10(13)15-7)5-3-2-4-14-11(5)19-9/h2-4,16H,1H3. The molecule has 0 spiro atoms. The van der Waals surface area contributed by atoms with Crippen LogP contribution in [0.1, 0.15) is 10.5 Å². The quantitative estimate of drug-likeness (QED) is 0.552. The molecule has 0 amide bonds. The van der Waals surface area contributed by atoms with Crippen LogP contribution in [0.25, 0.3) is 20.3 Å². The molecule has 0 saturated heterocycles. The van der Waals surface area contributed by atoms with Gasteiger partial charge in [0, 0.05) is 17.0 Å². The van der Waals surface area contributed by atoms with Crippen molar-refractivity contribution in [1.29, 1.82) is 0 Å². The summed E-state index contributed by atoms with van der Waals surface area (Å²) in [6, 6.07) is 3.61. The van der Waals surface area contributed by atoms with Crippen LogP contribution >= 0.6 is 22.9 Å². The van der Waals surface area contributed by atoms with Crippen LogP contribution in [0.2, 0.25) is 5.15 Å². The Labute approximate surface area is 116 Å². The Morgan fingerprint density at radius 3 is 3.05 bits per heavy atom. The maximum Gasteiger partial charge on any atom is 0.360 e. The predicted molar refractivity (Wildman–Crippen MR) is 72.9 cm³/mol. The first-order valence-electron chi connectivity index (χ1n) is 5.27. The van der Waals surface area contributed by atoms with E-state index in [9.17, 15) is 9.90 Å². The molecule has 3 aromatic rings. The van der Waals surface area contributed by atoms with Gasteiger partial charge in [-0.25, -0.2) is 14.8 Å². The molecule has 0 aliphatic carbocycles. The third-order valence-electron chi connectivity index (χ3n) is 2.70. The van der Waals surface area contributed by atoms with E-state index >= 15 is 0 Å². The Hall–Kier alpha value is -1.92. The molecule has 19 heavy (non-hydrogen) atoms. The first-order valence-corrected chi connectivity index (χ1v) is 6.47. The fraction of sp³-hybridized carbons (Fsp3) is 0.0833. The third-order valence-corrected chi connectivity index (χ3v) is 4.09. The smallest absolute Gasteiger partial charge is 0.360 e. The van der Waals surface area contributed by atoms with E-state index in [0.29, 0.717) is 10.1 Å². The molecular weight excluding hydrogens is 288 g/mol. The zero-order valence-electron chi connectivity index (χ0n) is 9.68. The third kappa shape index (κ3) is 1.72. The molecule has 3 rings (SSSR count). The molecule has 0 radical (unpaired) electrons. The highest BCUT2D eigenvalue weighted by molar-refractivity contribution is 7.25. The van der Waals surface area contributed by atoms with Gasteiger partial charge in [0.25, 0.3) is 0 Å². The number of pyridine rings is 2.